The fraction of sp³-hybridized carbons (Fsp3) is 0.500. The predicted octanol–water partition coefficient (Wildman–Crippen LogP) is 3.38. The number of carbonyl (C=O) groups is 2. The Morgan fingerprint density at radius 1 is 1.05 bits per heavy atom. The molecule has 1 aliphatic rings. The highest BCUT2D eigenvalue weighted by Gasteiger charge is 2.23. The van der Waals surface area contributed by atoms with Crippen molar-refractivity contribution in [2.75, 3.05) is 0 Å². The molecule has 4 nitrogen and oxygen atoms in total. The summed E-state index contributed by atoms with van der Waals surface area (Å²) in [5, 5.41) is 17.9. The van der Waals surface area contributed by atoms with E-state index in [9.17, 15) is 9.59 Å². The second-order valence-electron chi connectivity index (χ2n) is 5.49. The molecule has 0 spiro atoms. The van der Waals surface area contributed by atoms with Crippen LogP contribution in [0.1, 0.15) is 61.5 Å². The summed E-state index contributed by atoms with van der Waals surface area (Å²) in [6, 6.07) is 7.46. The summed E-state index contributed by atoms with van der Waals surface area (Å²) in [5.74, 6) is -2.57. The molecule has 0 heterocycles. The van der Waals surface area contributed by atoms with Crippen molar-refractivity contribution in [3.63, 3.8) is 0 Å². The van der Waals surface area contributed by atoms with Crippen molar-refractivity contribution in [1.29, 1.82) is 0 Å². The van der Waals surface area contributed by atoms with Gasteiger partial charge in [0, 0.05) is 0 Å². The van der Waals surface area contributed by atoms with Crippen LogP contribution in [-0.4, -0.2) is 22.2 Å². The summed E-state index contributed by atoms with van der Waals surface area (Å²) < 4.78 is 0. The molecular weight excluding hydrogens is 256 g/mol. The van der Waals surface area contributed by atoms with E-state index in [0.29, 0.717) is 11.5 Å². The van der Waals surface area contributed by atoms with Crippen LogP contribution in [0.15, 0.2) is 24.3 Å². The van der Waals surface area contributed by atoms with Gasteiger partial charge in [-0.3, -0.25) is 9.59 Å². The van der Waals surface area contributed by atoms with E-state index in [-0.39, 0.29) is 6.42 Å². The summed E-state index contributed by atoms with van der Waals surface area (Å²) >= 11 is 0. The van der Waals surface area contributed by atoms with Gasteiger partial charge in [0.15, 0.2) is 0 Å². The Kier molecular flexibility index (Phi) is 4.77. The van der Waals surface area contributed by atoms with Gasteiger partial charge in [-0.1, -0.05) is 43.5 Å². The molecule has 1 aliphatic carbocycles. The predicted molar refractivity (Wildman–Crippen MR) is 74.9 cm³/mol. The number of aliphatic carboxylic acids is 2. The highest BCUT2D eigenvalue weighted by atomic mass is 16.4. The molecule has 0 saturated heterocycles. The molecule has 0 aromatic heterocycles. The van der Waals surface area contributed by atoms with E-state index in [1.165, 1.54) is 37.7 Å². The second kappa shape index (κ2) is 6.55. The Hall–Kier alpha value is -1.84. The van der Waals surface area contributed by atoms with Crippen molar-refractivity contribution in [2.45, 2.75) is 50.4 Å². The van der Waals surface area contributed by atoms with Crippen molar-refractivity contribution in [3.8, 4) is 0 Å². The lowest BCUT2D eigenvalue weighted by Gasteiger charge is -2.22. The van der Waals surface area contributed by atoms with Gasteiger partial charge in [-0.05, 0) is 29.9 Å². The van der Waals surface area contributed by atoms with Gasteiger partial charge in [0.25, 0.3) is 0 Å². The summed E-state index contributed by atoms with van der Waals surface area (Å²) in [7, 11) is 0. The van der Waals surface area contributed by atoms with E-state index in [1.54, 1.807) is 12.1 Å². The average Bonchev–Trinajstić information content (AvgIpc) is 2.45. The van der Waals surface area contributed by atoms with Gasteiger partial charge in [0.05, 0.1) is 12.3 Å². The lowest BCUT2D eigenvalue weighted by atomic mass is 9.83. The van der Waals surface area contributed by atoms with Crippen molar-refractivity contribution in [3.05, 3.63) is 35.4 Å². The van der Waals surface area contributed by atoms with Crippen molar-refractivity contribution < 1.29 is 19.8 Å². The first-order valence-corrected chi connectivity index (χ1v) is 7.12. The molecule has 0 radical (unpaired) electrons. The van der Waals surface area contributed by atoms with Gasteiger partial charge in [-0.2, -0.15) is 0 Å². The number of carboxylic acid groups (broad SMARTS) is 2. The smallest absolute Gasteiger partial charge is 0.311 e. The number of hydrogen-bond acceptors (Lipinski definition) is 2. The summed E-state index contributed by atoms with van der Waals surface area (Å²) in [4.78, 5) is 21.9. The van der Waals surface area contributed by atoms with Gasteiger partial charge < -0.3 is 10.2 Å². The summed E-state index contributed by atoms with van der Waals surface area (Å²) in [5.41, 5.74) is 1.81. The van der Waals surface area contributed by atoms with E-state index in [0.717, 1.165) is 0 Å². The van der Waals surface area contributed by atoms with Crippen LogP contribution < -0.4 is 0 Å². The minimum atomic E-state index is -1.09. The van der Waals surface area contributed by atoms with E-state index in [2.05, 4.69) is 0 Å². The molecule has 1 aromatic rings. The number of hydrogen-bond donors (Lipinski definition) is 2. The average molecular weight is 276 g/mol. The molecular formula is C16H20O4. The van der Waals surface area contributed by atoms with E-state index >= 15 is 0 Å². The second-order valence-corrected chi connectivity index (χ2v) is 5.49. The largest absolute Gasteiger partial charge is 0.481 e. The Balaban J connectivity index is 2.12. The normalized spacial score (nSPS) is 17.6. The van der Waals surface area contributed by atoms with Crippen LogP contribution in [0, 0.1) is 0 Å². The number of carboxylic acids is 2. The van der Waals surface area contributed by atoms with E-state index in [4.69, 9.17) is 10.2 Å². The topological polar surface area (TPSA) is 74.6 Å². The zero-order valence-electron chi connectivity index (χ0n) is 11.4. The highest BCUT2D eigenvalue weighted by Crippen LogP contribution is 2.33. The molecule has 1 fully saturated rings. The fourth-order valence-electron chi connectivity index (χ4n) is 2.96. The van der Waals surface area contributed by atoms with Crippen LogP contribution >= 0.6 is 0 Å². The monoisotopic (exact) mass is 276 g/mol. The Labute approximate surface area is 118 Å². The zero-order chi connectivity index (χ0) is 14.5. The lowest BCUT2D eigenvalue weighted by Crippen LogP contribution is -2.16. The lowest BCUT2D eigenvalue weighted by molar-refractivity contribution is -0.145. The first-order chi connectivity index (χ1) is 9.58. The third kappa shape index (κ3) is 3.59. The van der Waals surface area contributed by atoms with Crippen molar-refractivity contribution in [1.82, 2.24) is 0 Å². The maximum Gasteiger partial charge on any atom is 0.311 e. The van der Waals surface area contributed by atoms with Gasteiger partial charge in [-0.25, -0.2) is 0 Å². The molecule has 1 saturated carbocycles. The highest BCUT2D eigenvalue weighted by molar-refractivity contribution is 5.82. The van der Waals surface area contributed by atoms with Crippen molar-refractivity contribution >= 4 is 11.9 Å². The van der Waals surface area contributed by atoms with E-state index in [1.807, 2.05) is 12.1 Å². The third-order valence-electron chi connectivity index (χ3n) is 4.09. The minimum Gasteiger partial charge on any atom is -0.481 e. The maximum absolute atomic E-state index is 11.2. The van der Waals surface area contributed by atoms with Crippen LogP contribution in [0.4, 0.5) is 0 Å². The van der Waals surface area contributed by atoms with Gasteiger partial charge in [0.1, 0.15) is 0 Å². The Morgan fingerprint density at radius 3 is 2.15 bits per heavy atom. The molecule has 0 amide bonds. The van der Waals surface area contributed by atoms with Crippen LogP contribution in [0.5, 0.6) is 0 Å². The fourth-order valence-corrected chi connectivity index (χ4v) is 2.96. The molecule has 20 heavy (non-hydrogen) atoms. The minimum absolute atomic E-state index is 0.377. The molecule has 4 heteroatoms. The standard InChI is InChI=1S/C16H20O4/c17-15(18)10-14(16(19)20)13-8-6-12(7-9-13)11-4-2-1-3-5-11/h6-9,11,14H,1-5,10H2,(H,17,18)(H,19,20). The number of benzene rings is 1. The van der Waals surface area contributed by atoms with Gasteiger partial charge in [-0.15, -0.1) is 0 Å². The molecule has 1 atom stereocenters. The maximum atomic E-state index is 11.2. The Bertz CT molecular complexity index is 472. The summed E-state index contributed by atoms with van der Waals surface area (Å²) in [6.07, 6.45) is 5.81. The Morgan fingerprint density at radius 2 is 1.65 bits per heavy atom. The zero-order valence-corrected chi connectivity index (χ0v) is 11.4. The molecule has 0 bridgehead atoms. The molecule has 2 rings (SSSR count). The molecule has 2 N–H and O–H groups in total. The van der Waals surface area contributed by atoms with Crippen LogP contribution in [-0.2, 0) is 9.59 Å². The molecule has 0 aliphatic heterocycles. The SMILES string of the molecule is O=C(O)CC(C(=O)O)c1ccc(C2CCCCC2)cc1. The van der Waals surface area contributed by atoms with Crippen molar-refractivity contribution in [2.24, 2.45) is 0 Å². The first kappa shape index (κ1) is 14.6. The molecule has 1 aromatic carbocycles. The number of rotatable bonds is 5. The summed E-state index contributed by atoms with van der Waals surface area (Å²) in [6.45, 7) is 0. The quantitative estimate of drug-likeness (QED) is 0.864. The third-order valence-corrected chi connectivity index (χ3v) is 4.09. The van der Waals surface area contributed by atoms with Crippen LogP contribution in [0.2, 0.25) is 0 Å². The van der Waals surface area contributed by atoms with Crippen LogP contribution in [0.25, 0.3) is 0 Å². The molecule has 1 unspecified atom stereocenters. The van der Waals surface area contributed by atoms with Gasteiger partial charge >= 0.3 is 11.9 Å². The molecule has 108 valence electrons. The van der Waals surface area contributed by atoms with Crippen LogP contribution in [0.3, 0.4) is 0 Å². The van der Waals surface area contributed by atoms with E-state index < -0.39 is 17.9 Å². The van der Waals surface area contributed by atoms with Gasteiger partial charge in [0.2, 0.25) is 0 Å². The first-order valence-electron chi connectivity index (χ1n) is 7.12.